The van der Waals surface area contributed by atoms with Gasteiger partial charge in [0.05, 0.1) is 11.6 Å². The van der Waals surface area contributed by atoms with Crippen molar-refractivity contribution in [2.24, 2.45) is 5.92 Å². The average Bonchev–Trinajstić information content (AvgIpc) is 2.35. The summed E-state index contributed by atoms with van der Waals surface area (Å²) in [6.07, 6.45) is 0. The van der Waals surface area contributed by atoms with Crippen molar-refractivity contribution in [2.75, 3.05) is 17.3 Å². The van der Waals surface area contributed by atoms with Gasteiger partial charge in [-0.15, -0.1) is 11.6 Å². The summed E-state index contributed by atoms with van der Waals surface area (Å²) in [5.41, 5.74) is 1.36. The fourth-order valence-electron chi connectivity index (χ4n) is 1.50. The van der Waals surface area contributed by atoms with Crippen LogP contribution >= 0.6 is 11.6 Å². The van der Waals surface area contributed by atoms with Gasteiger partial charge in [-0.25, -0.2) is 0 Å². The van der Waals surface area contributed by atoms with Gasteiger partial charge in [-0.2, -0.15) is 5.26 Å². The maximum Gasteiger partial charge on any atom is 0.241 e. The van der Waals surface area contributed by atoms with Gasteiger partial charge in [-0.3, -0.25) is 4.79 Å². The standard InChI is InChI=1S/C13H15ClN2O/c1-10(2)9-16(13(17)7-14)12-5-3-11(8-15)4-6-12/h3-6,10H,7,9H2,1-2H3. The van der Waals surface area contributed by atoms with Gasteiger partial charge >= 0.3 is 0 Å². The maximum absolute atomic E-state index is 11.7. The Hall–Kier alpha value is -1.53. The number of carbonyl (C=O) groups excluding carboxylic acids is 1. The third-order valence-corrected chi connectivity index (χ3v) is 2.50. The number of benzene rings is 1. The number of halogens is 1. The van der Waals surface area contributed by atoms with Gasteiger partial charge in [0.1, 0.15) is 5.88 Å². The van der Waals surface area contributed by atoms with Crippen molar-refractivity contribution in [1.82, 2.24) is 0 Å². The average molecular weight is 251 g/mol. The summed E-state index contributed by atoms with van der Waals surface area (Å²) in [6.45, 7) is 4.70. The van der Waals surface area contributed by atoms with Crippen LogP contribution in [0.2, 0.25) is 0 Å². The lowest BCUT2D eigenvalue weighted by atomic mass is 10.1. The molecule has 3 nitrogen and oxygen atoms in total. The molecule has 17 heavy (non-hydrogen) atoms. The minimum absolute atomic E-state index is 0.0350. The summed E-state index contributed by atoms with van der Waals surface area (Å²) in [6, 6.07) is 8.98. The van der Waals surface area contributed by atoms with Crippen LogP contribution < -0.4 is 4.90 Å². The third kappa shape index (κ3) is 3.76. The number of nitriles is 1. The second kappa shape index (κ2) is 6.27. The monoisotopic (exact) mass is 250 g/mol. The predicted molar refractivity (Wildman–Crippen MR) is 69.1 cm³/mol. The van der Waals surface area contributed by atoms with Crippen molar-refractivity contribution in [2.45, 2.75) is 13.8 Å². The van der Waals surface area contributed by atoms with Crippen LogP contribution in [0.3, 0.4) is 0 Å². The van der Waals surface area contributed by atoms with Crippen LogP contribution in [0.1, 0.15) is 19.4 Å². The molecule has 1 amide bonds. The molecule has 0 aliphatic carbocycles. The van der Waals surface area contributed by atoms with E-state index in [-0.39, 0.29) is 11.8 Å². The second-order valence-corrected chi connectivity index (χ2v) is 4.46. The van der Waals surface area contributed by atoms with E-state index in [1.807, 2.05) is 19.9 Å². The van der Waals surface area contributed by atoms with Gasteiger partial charge in [0.25, 0.3) is 0 Å². The van der Waals surface area contributed by atoms with Crippen LogP contribution in [-0.2, 0) is 4.79 Å². The summed E-state index contributed by atoms with van der Waals surface area (Å²) in [5, 5.41) is 8.72. The molecule has 0 unspecified atom stereocenters. The molecular formula is C13H15ClN2O. The minimum Gasteiger partial charge on any atom is -0.311 e. The van der Waals surface area contributed by atoms with Crippen molar-refractivity contribution in [1.29, 1.82) is 5.26 Å². The molecule has 0 aromatic heterocycles. The highest BCUT2D eigenvalue weighted by molar-refractivity contribution is 6.29. The lowest BCUT2D eigenvalue weighted by Gasteiger charge is -2.23. The van der Waals surface area contributed by atoms with Gasteiger partial charge in [-0.05, 0) is 30.2 Å². The number of carbonyl (C=O) groups is 1. The number of anilines is 1. The van der Waals surface area contributed by atoms with Crippen molar-refractivity contribution < 1.29 is 4.79 Å². The van der Waals surface area contributed by atoms with E-state index < -0.39 is 0 Å². The lowest BCUT2D eigenvalue weighted by Crippen LogP contribution is -2.35. The van der Waals surface area contributed by atoms with Gasteiger partial charge in [-0.1, -0.05) is 13.8 Å². The zero-order chi connectivity index (χ0) is 12.8. The molecule has 0 spiro atoms. The van der Waals surface area contributed by atoms with Gasteiger partial charge in [0, 0.05) is 12.2 Å². The zero-order valence-electron chi connectivity index (χ0n) is 9.98. The topological polar surface area (TPSA) is 44.1 Å². The lowest BCUT2D eigenvalue weighted by molar-refractivity contribution is -0.116. The number of hydrogen-bond donors (Lipinski definition) is 0. The second-order valence-electron chi connectivity index (χ2n) is 4.19. The Morgan fingerprint density at radius 2 is 2.00 bits per heavy atom. The molecule has 0 radical (unpaired) electrons. The first-order valence-electron chi connectivity index (χ1n) is 5.45. The van der Waals surface area contributed by atoms with Crippen molar-refractivity contribution >= 4 is 23.2 Å². The van der Waals surface area contributed by atoms with Crippen LogP contribution in [0.5, 0.6) is 0 Å². The molecule has 1 aromatic rings. The van der Waals surface area contributed by atoms with Crippen LogP contribution in [0, 0.1) is 17.2 Å². The summed E-state index contributed by atoms with van der Waals surface area (Å²) in [7, 11) is 0. The molecule has 0 heterocycles. The Labute approximate surface area is 107 Å². The molecule has 90 valence electrons. The maximum atomic E-state index is 11.7. The van der Waals surface area contributed by atoms with E-state index in [4.69, 9.17) is 16.9 Å². The molecule has 1 aromatic carbocycles. The Balaban J connectivity index is 2.96. The molecule has 0 aliphatic rings. The number of hydrogen-bond acceptors (Lipinski definition) is 2. The molecule has 1 rings (SSSR count). The molecular weight excluding hydrogens is 236 g/mol. The third-order valence-electron chi connectivity index (χ3n) is 2.27. The highest BCUT2D eigenvalue weighted by Gasteiger charge is 2.15. The summed E-state index contributed by atoms with van der Waals surface area (Å²) >= 11 is 5.60. The van der Waals surface area contributed by atoms with E-state index in [2.05, 4.69) is 0 Å². The molecule has 0 bridgehead atoms. The first kappa shape index (κ1) is 13.5. The van der Waals surface area contributed by atoms with Crippen LogP contribution in [0.15, 0.2) is 24.3 Å². The number of amides is 1. The largest absolute Gasteiger partial charge is 0.311 e. The van der Waals surface area contributed by atoms with E-state index in [0.717, 1.165) is 5.69 Å². The number of rotatable bonds is 4. The molecule has 0 aliphatic heterocycles. The van der Waals surface area contributed by atoms with Crippen LogP contribution in [-0.4, -0.2) is 18.3 Å². The Kier molecular flexibility index (Phi) is 4.99. The van der Waals surface area contributed by atoms with Crippen molar-refractivity contribution in [3.8, 4) is 6.07 Å². The quantitative estimate of drug-likeness (QED) is 0.772. The highest BCUT2D eigenvalue weighted by atomic mass is 35.5. The fraction of sp³-hybridized carbons (Fsp3) is 0.385. The zero-order valence-corrected chi connectivity index (χ0v) is 10.7. The first-order chi connectivity index (χ1) is 8.08. The van der Waals surface area contributed by atoms with E-state index in [9.17, 15) is 4.79 Å². The minimum atomic E-state index is -0.120. The SMILES string of the molecule is CC(C)CN(C(=O)CCl)c1ccc(C#N)cc1. The molecule has 4 heteroatoms. The van der Waals surface area contributed by atoms with E-state index in [1.165, 1.54) is 0 Å². The summed E-state index contributed by atoms with van der Waals surface area (Å²) in [5.74, 6) is 0.204. The molecule has 0 N–H and O–H groups in total. The molecule has 0 saturated carbocycles. The molecule has 0 atom stereocenters. The van der Waals surface area contributed by atoms with Crippen molar-refractivity contribution in [3.63, 3.8) is 0 Å². The predicted octanol–water partition coefficient (Wildman–Crippen LogP) is 2.79. The van der Waals surface area contributed by atoms with E-state index >= 15 is 0 Å². The van der Waals surface area contributed by atoms with E-state index in [0.29, 0.717) is 18.0 Å². The van der Waals surface area contributed by atoms with Gasteiger partial charge in [0.15, 0.2) is 0 Å². The smallest absolute Gasteiger partial charge is 0.241 e. The Morgan fingerprint density at radius 1 is 1.41 bits per heavy atom. The molecule has 0 fully saturated rings. The molecule has 0 saturated heterocycles. The fourth-order valence-corrected chi connectivity index (χ4v) is 1.65. The van der Waals surface area contributed by atoms with Crippen LogP contribution in [0.25, 0.3) is 0 Å². The highest BCUT2D eigenvalue weighted by Crippen LogP contribution is 2.17. The Morgan fingerprint density at radius 3 is 2.41 bits per heavy atom. The first-order valence-corrected chi connectivity index (χ1v) is 5.98. The van der Waals surface area contributed by atoms with Crippen molar-refractivity contribution in [3.05, 3.63) is 29.8 Å². The Bertz CT molecular complexity index is 420. The number of nitrogens with zero attached hydrogens (tertiary/aromatic N) is 2. The summed E-state index contributed by atoms with van der Waals surface area (Å²) in [4.78, 5) is 13.4. The number of alkyl halides is 1. The van der Waals surface area contributed by atoms with Crippen LogP contribution in [0.4, 0.5) is 5.69 Å². The van der Waals surface area contributed by atoms with E-state index in [1.54, 1.807) is 29.2 Å². The summed E-state index contributed by atoms with van der Waals surface area (Å²) < 4.78 is 0. The van der Waals surface area contributed by atoms with Gasteiger partial charge < -0.3 is 4.90 Å². The van der Waals surface area contributed by atoms with Gasteiger partial charge in [0.2, 0.25) is 5.91 Å². The normalized spacial score (nSPS) is 10.1.